The van der Waals surface area contributed by atoms with Crippen molar-refractivity contribution in [1.29, 1.82) is 0 Å². The van der Waals surface area contributed by atoms with E-state index < -0.39 is 17.7 Å². The Morgan fingerprint density at radius 2 is 1.89 bits per heavy atom. The smallest absolute Gasteiger partial charge is 0.225 e. The molecule has 1 fully saturated rings. The van der Waals surface area contributed by atoms with Gasteiger partial charge in [0.2, 0.25) is 5.95 Å². The fourth-order valence-electron chi connectivity index (χ4n) is 4.43. The highest BCUT2D eigenvalue weighted by molar-refractivity contribution is 7.21. The van der Waals surface area contributed by atoms with Crippen molar-refractivity contribution in [3.8, 4) is 10.6 Å². The molecule has 1 aliphatic carbocycles. The number of para-hydroxylation sites is 1. The summed E-state index contributed by atoms with van der Waals surface area (Å²) in [6.45, 7) is 1.76. The molecular formula is C25H26FN5O3S. The van der Waals surface area contributed by atoms with E-state index in [4.69, 9.17) is 4.98 Å². The number of nitrogens with zero attached hydrogens (tertiary/aromatic N) is 3. The quantitative estimate of drug-likeness (QED) is 0.246. The molecule has 0 bridgehead atoms. The van der Waals surface area contributed by atoms with Crippen LogP contribution in [0.15, 0.2) is 48.5 Å². The van der Waals surface area contributed by atoms with Crippen LogP contribution in [0.3, 0.4) is 0 Å². The lowest BCUT2D eigenvalue weighted by atomic mass is 10.0. The average molecular weight is 496 g/mol. The third-order valence-electron chi connectivity index (χ3n) is 6.39. The maximum absolute atomic E-state index is 14.1. The number of hydrogen-bond acceptors (Lipinski definition) is 9. The molecule has 2 heterocycles. The lowest BCUT2D eigenvalue weighted by molar-refractivity contribution is -0.0545. The van der Waals surface area contributed by atoms with Crippen LogP contribution in [0, 0.1) is 18.7 Å². The molecular weight excluding hydrogens is 469 g/mol. The predicted molar refractivity (Wildman–Crippen MR) is 133 cm³/mol. The number of aromatic nitrogens is 3. The molecule has 5 rings (SSSR count). The third kappa shape index (κ3) is 4.57. The molecule has 5 N–H and O–H groups in total. The van der Waals surface area contributed by atoms with Crippen molar-refractivity contribution in [2.45, 2.75) is 38.1 Å². The third-order valence-corrected chi connectivity index (χ3v) is 7.45. The number of hydrogen-bond donors (Lipinski definition) is 5. The van der Waals surface area contributed by atoms with Crippen LogP contribution < -0.4 is 10.6 Å². The lowest BCUT2D eigenvalue weighted by Crippen LogP contribution is -2.48. The van der Waals surface area contributed by atoms with Gasteiger partial charge in [0.15, 0.2) is 5.72 Å². The molecule has 0 amide bonds. The summed E-state index contributed by atoms with van der Waals surface area (Å²) in [6.07, 6.45) is -0.486. The average Bonchev–Trinajstić information content (AvgIpc) is 3.39. The minimum absolute atomic E-state index is 0.172. The zero-order valence-corrected chi connectivity index (χ0v) is 19.9. The monoisotopic (exact) mass is 495 g/mol. The molecule has 10 heteroatoms. The molecule has 0 aliphatic heterocycles. The number of thiazole rings is 1. The molecule has 0 radical (unpaired) electrons. The van der Waals surface area contributed by atoms with Gasteiger partial charge in [0.25, 0.3) is 0 Å². The van der Waals surface area contributed by atoms with Crippen LogP contribution in [0.4, 0.5) is 16.2 Å². The van der Waals surface area contributed by atoms with Crippen molar-refractivity contribution in [3.05, 3.63) is 65.6 Å². The summed E-state index contributed by atoms with van der Waals surface area (Å²) in [5, 5.41) is 38.2. The van der Waals surface area contributed by atoms with E-state index in [1.165, 1.54) is 17.4 Å². The maximum Gasteiger partial charge on any atom is 0.225 e. The normalized spacial score (nSPS) is 22.0. The fourth-order valence-corrected chi connectivity index (χ4v) is 5.49. The van der Waals surface area contributed by atoms with Crippen molar-refractivity contribution in [2.75, 3.05) is 17.2 Å². The number of aliphatic hydroxyl groups is 3. The minimum Gasteiger partial charge on any atom is -0.396 e. The van der Waals surface area contributed by atoms with Crippen LogP contribution in [-0.2, 0) is 6.54 Å². The van der Waals surface area contributed by atoms with Crippen molar-refractivity contribution < 1.29 is 19.7 Å². The molecule has 1 aliphatic rings. The molecule has 3 atom stereocenters. The van der Waals surface area contributed by atoms with Crippen LogP contribution >= 0.6 is 11.3 Å². The van der Waals surface area contributed by atoms with Crippen molar-refractivity contribution in [1.82, 2.24) is 15.0 Å². The Morgan fingerprint density at radius 3 is 2.63 bits per heavy atom. The van der Waals surface area contributed by atoms with Crippen LogP contribution in [0.2, 0.25) is 0 Å². The fraction of sp³-hybridized carbons (Fsp3) is 0.320. The zero-order chi connectivity index (χ0) is 24.6. The van der Waals surface area contributed by atoms with Gasteiger partial charge in [-0.25, -0.2) is 14.4 Å². The Balaban J connectivity index is 1.54. The molecule has 1 saturated carbocycles. The first-order valence-corrected chi connectivity index (χ1v) is 12.2. The van der Waals surface area contributed by atoms with E-state index in [-0.39, 0.29) is 31.3 Å². The van der Waals surface area contributed by atoms with Crippen LogP contribution in [0.25, 0.3) is 20.8 Å². The minimum atomic E-state index is -1.68. The zero-order valence-electron chi connectivity index (χ0n) is 19.1. The van der Waals surface area contributed by atoms with Crippen molar-refractivity contribution >= 4 is 33.3 Å². The summed E-state index contributed by atoms with van der Waals surface area (Å²) in [5.41, 5.74) is 0.833. The van der Waals surface area contributed by atoms with E-state index in [9.17, 15) is 19.7 Å². The number of halogens is 1. The van der Waals surface area contributed by atoms with Gasteiger partial charge in [-0.2, -0.15) is 4.98 Å². The molecule has 0 spiro atoms. The van der Waals surface area contributed by atoms with Gasteiger partial charge in [-0.3, -0.25) is 0 Å². The first-order chi connectivity index (χ1) is 16.9. The maximum atomic E-state index is 14.1. The van der Waals surface area contributed by atoms with Crippen molar-refractivity contribution in [3.63, 3.8) is 0 Å². The number of rotatable bonds is 7. The Morgan fingerprint density at radius 1 is 1.11 bits per heavy atom. The second kappa shape index (κ2) is 9.46. The largest absolute Gasteiger partial charge is 0.396 e. The van der Waals surface area contributed by atoms with E-state index in [0.717, 1.165) is 10.2 Å². The molecule has 4 aromatic rings. The highest BCUT2D eigenvalue weighted by Gasteiger charge is 2.47. The van der Waals surface area contributed by atoms with E-state index >= 15 is 0 Å². The summed E-state index contributed by atoms with van der Waals surface area (Å²) in [5.74, 6) is -0.236. The molecule has 2 aromatic heterocycles. The topological polar surface area (TPSA) is 123 Å². The molecule has 182 valence electrons. The highest BCUT2D eigenvalue weighted by Crippen LogP contribution is 2.40. The SMILES string of the molecule is Cc1nc(NCc2ccccc2F)nc(NC2(O)CCC(CO)C2O)c1-c1nc2ccccc2s1. The van der Waals surface area contributed by atoms with Crippen LogP contribution in [0.5, 0.6) is 0 Å². The Bertz CT molecular complexity index is 1330. The van der Waals surface area contributed by atoms with E-state index in [2.05, 4.69) is 20.6 Å². The first kappa shape index (κ1) is 23.6. The second-order valence-electron chi connectivity index (χ2n) is 8.76. The van der Waals surface area contributed by atoms with Gasteiger partial charge < -0.3 is 26.0 Å². The molecule has 3 unspecified atom stereocenters. The van der Waals surface area contributed by atoms with Gasteiger partial charge in [0.05, 0.1) is 21.5 Å². The second-order valence-corrected chi connectivity index (χ2v) is 9.79. The summed E-state index contributed by atoms with van der Waals surface area (Å²) in [6, 6.07) is 14.2. The van der Waals surface area contributed by atoms with E-state index in [1.807, 2.05) is 31.2 Å². The summed E-state index contributed by atoms with van der Waals surface area (Å²) in [4.78, 5) is 13.9. The first-order valence-electron chi connectivity index (χ1n) is 11.4. The van der Waals surface area contributed by atoms with E-state index in [1.54, 1.807) is 18.2 Å². The van der Waals surface area contributed by atoms with Gasteiger partial charge in [-0.1, -0.05) is 30.3 Å². The number of aliphatic hydroxyl groups excluding tert-OH is 2. The predicted octanol–water partition coefficient (Wildman–Crippen LogP) is 3.68. The summed E-state index contributed by atoms with van der Waals surface area (Å²) >= 11 is 1.47. The Kier molecular flexibility index (Phi) is 6.37. The standard InChI is InChI=1S/C25H26FN5O3S/c1-14-20(23-29-18-8-4-5-9-19(18)35-23)22(31-25(34)11-10-16(13-32)21(25)33)30-24(28-14)27-12-15-6-2-3-7-17(15)26/h2-9,16,21,32-34H,10-13H2,1H3,(H2,27,28,30,31). The molecule has 0 saturated heterocycles. The van der Waals surface area contributed by atoms with Crippen LogP contribution in [-0.4, -0.2) is 48.7 Å². The molecule has 8 nitrogen and oxygen atoms in total. The summed E-state index contributed by atoms with van der Waals surface area (Å²) < 4.78 is 15.1. The van der Waals surface area contributed by atoms with Gasteiger partial charge >= 0.3 is 0 Å². The van der Waals surface area contributed by atoms with Gasteiger partial charge in [-0.15, -0.1) is 11.3 Å². The number of aryl methyl sites for hydroxylation is 1. The number of anilines is 2. The van der Waals surface area contributed by atoms with Gasteiger partial charge in [0, 0.05) is 24.6 Å². The molecule has 2 aromatic carbocycles. The summed E-state index contributed by atoms with van der Waals surface area (Å²) in [7, 11) is 0. The highest BCUT2D eigenvalue weighted by atomic mass is 32.1. The molecule has 35 heavy (non-hydrogen) atoms. The van der Waals surface area contributed by atoms with E-state index in [0.29, 0.717) is 34.1 Å². The Hall–Kier alpha value is -3.18. The lowest BCUT2D eigenvalue weighted by Gasteiger charge is -2.31. The number of fused-ring (bicyclic) bond motifs is 1. The van der Waals surface area contributed by atoms with Crippen molar-refractivity contribution in [2.24, 2.45) is 5.92 Å². The number of benzene rings is 2. The van der Waals surface area contributed by atoms with Gasteiger partial charge in [-0.05, 0) is 38.0 Å². The number of nitrogens with one attached hydrogen (secondary N) is 2. The van der Waals surface area contributed by atoms with Gasteiger partial charge in [0.1, 0.15) is 22.7 Å². The van der Waals surface area contributed by atoms with Crippen LogP contribution in [0.1, 0.15) is 24.1 Å². The Labute approximate surface area is 205 Å².